The number of quaternary nitrogens is 1. The summed E-state index contributed by atoms with van der Waals surface area (Å²) in [6, 6.07) is 15.0. The van der Waals surface area contributed by atoms with Crippen LogP contribution in [-0.4, -0.2) is 37.6 Å². The Morgan fingerprint density at radius 3 is 2.68 bits per heavy atom. The molecule has 2 aromatic rings. The summed E-state index contributed by atoms with van der Waals surface area (Å²) in [5.41, 5.74) is 1.37. The number of rotatable bonds is 7. The van der Waals surface area contributed by atoms with Crippen molar-refractivity contribution in [3.8, 4) is 0 Å². The van der Waals surface area contributed by atoms with Crippen LogP contribution in [0.1, 0.15) is 12.0 Å². The lowest BCUT2D eigenvalue weighted by atomic mass is 10.0. The Morgan fingerprint density at radius 1 is 1.18 bits per heavy atom. The molecule has 0 aliphatic rings. The van der Waals surface area contributed by atoms with Crippen molar-refractivity contribution in [2.45, 2.75) is 13.0 Å². The lowest BCUT2D eigenvalue weighted by molar-refractivity contribution is -0.903. The molecule has 0 radical (unpaired) electrons. The first-order valence-electron chi connectivity index (χ1n) is 7.71. The van der Waals surface area contributed by atoms with E-state index < -0.39 is 0 Å². The van der Waals surface area contributed by atoms with Crippen LogP contribution in [0.3, 0.4) is 0 Å². The highest BCUT2D eigenvalue weighted by Gasteiger charge is 2.17. The molecule has 0 bridgehead atoms. The summed E-state index contributed by atoms with van der Waals surface area (Å²) in [6.45, 7) is 6.15. The van der Waals surface area contributed by atoms with Gasteiger partial charge in [-0.1, -0.05) is 49.0 Å². The molecule has 116 valence electrons. The monoisotopic (exact) mass is 297 g/mol. The van der Waals surface area contributed by atoms with Gasteiger partial charge < -0.3 is 9.80 Å². The summed E-state index contributed by atoms with van der Waals surface area (Å²) >= 11 is 0. The molecule has 2 aromatic carbocycles. The fourth-order valence-corrected chi connectivity index (χ4v) is 2.76. The highest BCUT2D eigenvalue weighted by Crippen LogP contribution is 2.21. The summed E-state index contributed by atoms with van der Waals surface area (Å²) in [5, 5.41) is 5.45. The Hall–Kier alpha value is -2.13. The summed E-state index contributed by atoms with van der Waals surface area (Å²) < 4.78 is 0.901. The molecule has 3 nitrogen and oxygen atoms in total. The number of nitrogens with one attached hydrogen (secondary N) is 1. The van der Waals surface area contributed by atoms with Crippen LogP contribution in [0.2, 0.25) is 0 Å². The highest BCUT2D eigenvalue weighted by atomic mass is 16.1. The Balaban J connectivity index is 1.98. The van der Waals surface area contributed by atoms with Gasteiger partial charge in [-0.3, -0.25) is 4.79 Å². The van der Waals surface area contributed by atoms with Crippen molar-refractivity contribution in [2.75, 3.05) is 27.2 Å². The molecule has 0 aromatic heterocycles. The van der Waals surface area contributed by atoms with Crippen LogP contribution in [0.5, 0.6) is 0 Å². The third-order valence-corrected chi connectivity index (χ3v) is 3.90. The minimum atomic E-state index is -0.0978. The molecule has 0 saturated heterocycles. The largest absolute Gasteiger partial charge is 0.352 e. The number of carbonyl (C=O) groups excluding carboxylic acids is 1. The van der Waals surface area contributed by atoms with Gasteiger partial charge in [0.05, 0.1) is 20.6 Å². The fourth-order valence-electron chi connectivity index (χ4n) is 2.76. The molecule has 0 atom stereocenters. The topological polar surface area (TPSA) is 29.1 Å². The Morgan fingerprint density at radius 2 is 1.91 bits per heavy atom. The zero-order valence-electron chi connectivity index (χ0n) is 13.5. The van der Waals surface area contributed by atoms with Gasteiger partial charge >= 0.3 is 0 Å². The van der Waals surface area contributed by atoms with Crippen molar-refractivity contribution in [3.05, 3.63) is 60.7 Å². The molecule has 0 aliphatic carbocycles. The summed E-state index contributed by atoms with van der Waals surface area (Å²) in [6.07, 6.45) is 2.27. The van der Waals surface area contributed by atoms with Crippen molar-refractivity contribution in [2.24, 2.45) is 0 Å². The number of carbonyl (C=O) groups is 1. The fraction of sp³-hybridized carbons (Fsp3) is 0.316. The average Bonchev–Trinajstić information content (AvgIpc) is 2.51. The lowest BCUT2D eigenvalue weighted by Crippen LogP contribution is -2.41. The second kappa shape index (κ2) is 7.23. The van der Waals surface area contributed by atoms with Gasteiger partial charge in [-0.15, -0.1) is 0 Å². The molecule has 3 heteroatoms. The molecule has 2 rings (SSSR count). The Bertz CT molecular complexity index is 656. The molecule has 0 spiro atoms. The third kappa shape index (κ3) is 4.43. The number of hydrogen-bond donors (Lipinski definition) is 1. The van der Waals surface area contributed by atoms with E-state index >= 15 is 0 Å². The second-order valence-electron chi connectivity index (χ2n) is 6.30. The normalized spacial score (nSPS) is 11.4. The Kier molecular flexibility index (Phi) is 5.34. The van der Waals surface area contributed by atoms with Crippen molar-refractivity contribution >= 4 is 16.7 Å². The van der Waals surface area contributed by atoms with Gasteiger partial charge in [0, 0.05) is 18.5 Å². The number of nitrogens with zero attached hydrogens (tertiary/aromatic N) is 1. The lowest BCUT2D eigenvalue weighted by Gasteiger charge is -2.30. The number of fused-ring (bicyclic) bond motifs is 1. The number of hydrogen-bond acceptors (Lipinski definition) is 1. The molecular weight excluding hydrogens is 272 g/mol. The maximum absolute atomic E-state index is 11.1. The maximum atomic E-state index is 11.1. The van der Waals surface area contributed by atoms with E-state index in [0.717, 1.165) is 24.0 Å². The summed E-state index contributed by atoms with van der Waals surface area (Å²) in [4.78, 5) is 11.1. The van der Waals surface area contributed by atoms with Gasteiger partial charge in [-0.2, -0.15) is 0 Å². The van der Waals surface area contributed by atoms with Gasteiger partial charge in [-0.25, -0.2) is 0 Å². The first-order valence-corrected chi connectivity index (χ1v) is 7.71. The zero-order chi connectivity index (χ0) is 16.0. The van der Waals surface area contributed by atoms with E-state index in [1.165, 1.54) is 22.4 Å². The van der Waals surface area contributed by atoms with Crippen molar-refractivity contribution < 1.29 is 9.28 Å². The predicted molar refractivity (Wildman–Crippen MR) is 92.5 cm³/mol. The van der Waals surface area contributed by atoms with Gasteiger partial charge in [0.2, 0.25) is 5.91 Å². The highest BCUT2D eigenvalue weighted by molar-refractivity contribution is 5.86. The Labute approximate surface area is 132 Å². The zero-order valence-corrected chi connectivity index (χ0v) is 13.5. The van der Waals surface area contributed by atoms with E-state index in [1.807, 2.05) is 0 Å². The SMILES string of the molecule is C=CC(=O)NCCC[N+](C)(C)Cc1cccc2ccccc12. The van der Waals surface area contributed by atoms with Crippen LogP contribution < -0.4 is 5.32 Å². The van der Waals surface area contributed by atoms with Crippen LogP contribution in [0.25, 0.3) is 10.8 Å². The van der Waals surface area contributed by atoms with Crippen molar-refractivity contribution in [3.63, 3.8) is 0 Å². The number of benzene rings is 2. The molecule has 0 saturated carbocycles. The molecule has 0 fully saturated rings. The summed E-state index contributed by atoms with van der Waals surface area (Å²) in [7, 11) is 4.47. The average molecular weight is 297 g/mol. The molecule has 0 heterocycles. The minimum absolute atomic E-state index is 0.0978. The van der Waals surface area contributed by atoms with Gasteiger partial charge in [0.1, 0.15) is 6.54 Å². The smallest absolute Gasteiger partial charge is 0.243 e. The molecule has 22 heavy (non-hydrogen) atoms. The molecule has 0 aliphatic heterocycles. The second-order valence-corrected chi connectivity index (χ2v) is 6.30. The van der Waals surface area contributed by atoms with E-state index in [2.05, 4.69) is 68.5 Å². The van der Waals surface area contributed by atoms with Crippen molar-refractivity contribution in [1.82, 2.24) is 5.32 Å². The predicted octanol–water partition coefficient (Wildman–Crippen LogP) is 3.11. The van der Waals surface area contributed by atoms with Gasteiger partial charge in [-0.05, 0) is 16.8 Å². The maximum Gasteiger partial charge on any atom is 0.243 e. The first-order chi connectivity index (χ1) is 10.5. The van der Waals surface area contributed by atoms with Gasteiger partial charge in [0.15, 0.2) is 0 Å². The quantitative estimate of drug-likeness (QED) is 0.475. The van der Waals surface area contributed by atoms with Gasteiger partial charge in [0.25, 0.3) is 0 Å². The minimum Gasteiger partial charge on any atom is -0.352 e. The molecule has 1 N–H and O–H groups in total. The van der Waals surface area contributed by atoms with Crippen LogP contribution >= 0.6 is 0 Å². The molecular formula is C19H25N2O+. The van der Waals surface area contributed by atoms with E-state index in [9.17, 15) is 4.79 Å². The van der Waals surface area contributed by atoms with Crippen LogP contribution in [0.4, 0.5) is 0 Å². The van der Waals surface area contributed by atoms with Crippen LogP contribution in [0, 0.1) is 0 Å². The van der Waals surface area contributed by atoms with Crippen molar-refractivity contribution in [1.29, 1.82) is 0 Å². The summed E-state index contributed by atoms with van der Waals surface area (Å²) in [5.74, 6) is -0.0978. The standard InChI is InChI=1S/C19H24N2O/c1-4-19(22)20-13-8-14-21(2,3)15-17-11-7-10-16-9-5-6-12-18(16)17/h4-7,9-12H,1,8,13-15H2,2-3H3/p+1. The molecule has 0 unspecified atom stereocenters. The first kappa shape index (κ1) is 16.2. The van der Waals surface area contributed by atoms with E-state index in [0.29, 0.717) is 6.54 Å². The van der Waals surface area contributed by atoms with E-state index in [1.54, 1.807) is 0 Å². The molecule has 1 amide bonds. The third-order valence-electron chi connectivity index (χ3n) is 3.90. The van der Waals surface area contributed by atoms with Crippen LogP contribution in [0.15, 0.2) is 55.1 Å². The van der Waals surface area contributed by atoms with E-state index in [-0.39, 0.29) is 5.91 Å². The van der Waals surface area contributed by atoms with E-state index in [4.69, 9.17) is 0 Å². The number of amides is 1. The van der Waals surface area contributed by atoms with Crippen LogP contribution in [-0.2, 0) is 11.3 Å².